The number of carbonyl (C=O) groups excluding carboxylic acids is 2. The number of ketones is 1. The van der Waals surface area contributed by atoms with Crippen LogP contribution in [0, 0.1) is 0 Å². The van der Waals surface area contributed by atoms with E-state index in [1.165, 1.54) is 12.0 Å². The predicted octanol–water partition coefficient (Wildman–Crippen LogP) is 4.39. The first kappa shape index (κ1) is 21.7. The van der Waals surface area contributed by atoms with Gasteiger partial charge in [-0.2, -0.15) is 0 Å². The van der Waals surface area contributed by atoms with Gasteiger partial charge in [0.15, 0.2) is 0 Å². The molecule has 1 atom stereocenters. The molecule has 2 heterocycles. The van der Waals surface area contributed by atoms with E-state index >= 15 is 0 Å². The van der Waals surface area contributed by atoms with Crippen LogP contribution < -0.4 is 4.74 Å². The van der Waals surface area contributed by atoms with Crippen LogP contribution in [0.1, 0.15) is 29.2 Å². The minimum atomic E-state index is -0.808. The van der Waals surface area contributed by atoms with Crippen molar-refractivity contribution in [2.45, 2.75) is 18.9 Å². The Kier molecular flexibility index (Phi) is 6.23. The lowest BCUT2D eigenvalue weighted by Gasteiger charge is -2.25. The smallest absolute Gasteiger partial charge is 0.295 e. The van der Waals surface area contributed by atoms with Crippen LogP contribution in [0.2, 0.25) is 10.0 Å². The number of aryl methyl sites for hydroxylation is 1. The lowest BCUT2D eigenvalue weighted by molar-refractivity contribution is -0.140. The average Bonchev–Trinajstić information content (AvgIpc) is 3.03. The summed E-state index contributed by atoms with van der Waals surface area (Å²) in [5.74, 6) is -0.915. The molecule has 162 valence electrons. The van der Waals surface area contributed by atoms with Gasteiger partial charge in [0.25, 0.3) is 11.7 Å². The number of aliphatic hydroxyl groups excluding tert-OH is 1. The fourth-order valence-electron chi connectivity index (χ4n) is 3.99. The summed E-state index contributed by atoms with van der Waals surface area (Å²) in [5, 5.41) is 11.8. The Balaban J connectivity index is 1.85. The maximum atomic E-state index is 13.0. The van der Waals surface area contributed by atoms with E-state index < -0.39 is 17.7 Å². The second kappa shape index (κ2) is 8.91. The zero-order valence-electron chi connectivity index (χ0n) is 16.9. The number of fused-ring (bicyclic) bond motifs is 1. The van der Waals surface area contributed by atoms with Crippen molar-refractivity contribution >= 4 is 40.7 Å². The number of hydrogen-bond acceptors (Lipinski definition) is 5. The van der Waals surface area contributed by atoms with Crippen molar-refractivity contribution in [3.05, 3.63) is 68.7 Å². The molecule has 0 aliphatic carbocycles. The summed E-state index contributed by atoms with van der Waals surface area (Å²) >= 11 is 12.3. The number of amides is 1. The topological polar surface area (TPSA) is 76.1 Å². The molecule has 8 heteroatoms. The van der Waals surface area contributed by atoms with Crippen molar-refractivity contribution in [1.29, 1.82) is 0 Å². The van der Waals surface area contributed by atoms with E-state index in [0.29, 0.717) is 27.8 Å². The van der Waals surface area contributed by atoms with E-state index in [-0.39, 0.29) is 24.5 Å². The maximum Gasteiger partial charge on any atom is 0.295 e. The Morgan fingerprint density at radius 3 is 2.74 bits per heavy atom. The first-order valence-corrected chi connectivity index (χ1v) is 10.7. The zero-order valence-corrected chi connectivity index (χ0v) is 18.4. The summed E-state index contributed by atoms with van der Waals surface area (Å²) < 4.78 is 10.7. The third-order valence-corrected chi connectivity index (χ3v) is 6.26. The number of likely N-dealkylation sites (tertiary alicyclic amines) is 1. The number of benzene rings is 2. The highest BCUT2D eigenvalue weighted by molar-refractivity contribution is 6.46. The van der Waals surface area contributed by atoms with Crippen LogP contribution in [0.15, 0.2) is 42.0 Å². The lowest BCUT2D eigenvalue weighted by atomic mass is 9.94. The van der Waals surface area contributed by atoms with Crippen LogP contribution in [0.3, 0.4) is 0 Å². The summed E-state index contributed by atoms with van der Waals surface area (Å²) in [6, 6.07) is 9.36. The molecule has 1 N–H and O–H groups in total. The molecule has 2 aromatic rings. The second-order valence-electron chi connectivity index (χ2n) is 7.43. The zero-order chi connectivity index (χ0) is 22.1. The van der Waals surface area contributed by atoms with E-state index in [9.17, 15) is 14.7 Å². The fraction of sp³-hybridized carbons (Fsp3) is 0.304. The summed E-state index contributed by atoms with van der Waals surface area (Å²) in [4.78, 5) is 27.2. The standard InChI is InChI=1S/C23H21Cl2NO5/c1-30-10-8-26-20(14-4-6-16(24)17(25)12-14)19(22(28)23(26)29)21(27)15-5-7-18-13(11-15)3-2-9-31-18/h4-7,11-12,20,27H,2-3,8-10H2,1H3/b21-19-. The molecule has 0 saturated carbocycles. The molecule has 0 radical (unpaired) electrons. The van der Waals surface area contributed by atoms with Gasteiger partial charge in [0.1, 0.15) is 11.5 Å². The number of nitrogens with zero attached hydrogens (tertiary/aromatic N) is 1. The normalized spacial score (nSPS) is 20.0. The van der Waals surface area contributed by atoms with Gasteiger partial charge >= 0.3 is 0 Å². The molecule has 1 amide bonds. The molecule has 0 bridgehead atoms. The SMILES string of the molecule is COCCN1C(=O)C(=O)/C(=C(\O)c2ccc3c(c2)CCCO3)C1c1ccc(Cl)c(Cl)c1. The lowest BCUT2D eigenvalue weighted by Crippen LogP contribution is -2.32. The van der Waals surface area contributed by atoms with Gasteiger partial charge in [-0.05, 0) is 54.3 Å². The van der Waals surface area contributed by atoms with E-state index in [4.69, 9.17) is 32.7 Å². The molecule has 31 heavy (non-hydrogen) atoms. The highest BCUT2D eigenvalue weighted by Gasteiger charge is 2.46. The average molecular weight is 462 g/mol. The van der Waals surface area contributed by atoms with Crippen LogP contribution in [0.5, 0.6) is 5.75 Å². The van der Waals surface area contributed by atoms with Crippen molar-refractivity contribution in [2.24, 2.45) is 0 Å². The number of ether oxygens (including phenoxy) is 2. The van der Waals surface area contributed by atoms with Crippen molar-refractivity contribution < 1.29 is 24.2 Å². The molecule has 0 spiro atoms. The molecule has 2 aliphatic rings. The molecule has 2 aromatic carbocycles. The number of aliphatic hydroxyl groups is 1. The highest BCUT2D eigenvalue weighted by atomic mass is 35.5. The molecule has 1 fully saturated rings. The van der Waals surface area contributed by atoms with Crippen molar-refractivity contribution in [3.63, 3.8) is 0 Å². The van der Waals surface area contributed by atoms with Crippen molar-refractivity contribution in [3.8, 4) is 5.75 Å². The monoisotopic (exact) mass is 461 g/mol. The van der Waals surface area contributed by atoms with Crippen LogP contribution in [0.25, 0.3) is 5.76 Å². The Labute approximate surface area is 190 Å². The number of Topliss-reactive ketones (excluding diaryl/α,β-unsaturated/α-hetero) is 1. The maximum absolute atomic E-state index is 13.0. The minimum absolute atomic E-state index is 0.0103. The third kappa shape index (κ3) is 4.03. The van der Waals surface area contributed by atoms with Gasteiger partial charge in [0, 0.05) is 19.2 Å². The molecule has 1 saturated heterocycles. The van der Waals surface area contributed by atoms with Crippen molar-refractivity contribution in [2.75, 3.05) is 26.9 Å². The molecule has 4 rings (SSSR count). The van der Waals surface area contributed by atoms with Crippen LogP contribution in [-0.2, 0) is 20.7 Å². The quantitative estimate of drug-likeness (QED) is 0.406. The summed E-state index contributed by atoms with van der Waals surface area (Å²) in [6.07, 6.45) is 1.69. The molecule has 6 nitrogen and oxygen atoms in total. The largest absolute Gasteiger partial charge is 0.507 e. The number of hydrogen-bond donors (Lipinski definition) is 1. The Hall–Kier alpha value is -2.54. The molecular weight excluding hydrogens is 441 g/mol. The summed E-state index contributed by atoms with van der Waals surface area (Å²) in [7, 11) is 1.51. The van der Waals surface area contributed by atoms with E-state index in [0.717, 1.165) is 24.2 Å². The third-order valence-electron chi connectivity index (χ3n) is 5.52. The second-order valence-corrected chi connectivity index (χ2v) is 8.25. The molecular formula is C23H21Cl2NO5. The molecule has 2 aliphatic heterocycles. The number of halogens is 2. The van der Waals surface area contributed by atoms with E-state index in [2.05, 4.69) is 0 Å². The first-order chi connectivity index (χ1) is 14.9. The van der Waals surface area contributed by atoms with Crippen LogP contribution >= 0.6 is 23.2 Å². The van der Waals surface area contributed by atoms with Gasteiger partial charge in [-0.25, -0.2) is 0 Å². The summed E-state index contributed by atoms with van der Waals surface area (Å²) in [5.41, 5.74) is 2.00. The van der Waals surface area contributed by atoms with Gasteiger partial charge in [-0.3, -0.25) is 9.59 Å². The van der Waals surface area contributed by atoms with Gasteiger partial charge in [-0.1, -0.05) is 29.3 Å². The Morgan fingerprint density at radius 1 is 1.19 bits per heavy atom. The molecule has 0 aromatic heterocycles. The predicted molar refractivity (Wildman–Crippen MR) is 118 cm³/mol. The highest BCUT2D eigenvalue weighted by Crippen LogP contribution is 2.41. The first-order valence-electron chi connectivity index (χ1n) is 9.90. The van der Waals surface area contributed by atoms with Gasteiger partial charge < -0.3 is 19.5 Å². The van der Waals surface area contributed by atoms with Crippen LogP contribution in [0.4, 0.5) is 0 Å². The Morgan fingerprint density at radius 2 is 2.00 bits per heavy atom. The number of rotatable bonds is 5. The van der Waals surface area contributed by atoms with Gasteiger partial charge in [0.2, 0.25) is 0 Å². The van der Waals surface area contributed by atoms with Gasteiger partial charge in [0.05, 0.1) is 34.9 Å². The minimum Gasteiger partial charge on any atom is -0.507 e. The molecule has 1 unspecified atom stereocenters. The van der Waals surface area contributed by atoms with Crippen LogP contribution in [-0.4, -0.2) is 48.6 Å². The van der Waals surface area contributed by atoms with Gasteiger partial charge in [-0.15, -0.1) is 0 Å². The number of methoxy groups -OCH3 is 1. The Bertz CT molecular complexity index is 1080. The van der Waals surface area contributed by atoms with E-state index in [1.807, 2.05) is 0 Å². The number of carbonyl (C=O) groups is 2. The summed E-state index contributed by atoms with van der Waals surface area (Å²) in [6.45, 7) is 1.07. The van der Waals surface area contributed by atoms with E-state index in [1.54, 1.807) is 36.4 Å². The van der Waals surface area contributed by atoms with Crippen molar-refractivity contribution in [1.82, 2.24) is 4.90 Å². The fourth-order valence-corrected chi connectivity index (χ4v) is 4.30.